The first-order valence-electron chi connectivity index (χ1n) is 9.63. The van der Waals surface area contributed by atoms with E-state index in [1.165, 1.54) is 21.0 Å². The minimum absolute atomic E-state index is 1.04. The first-order chi connectivity index (χ1) is 14.3. The molecule has 0 aliphatic heterocycles. The normalized spacial score (nSPS) is 12.5. The summed E-state index contributed by atoms with van der Waals surface area (Å²) in [6.07, 6.45) is 9.91. The summed E-state index contributed by atoms with van der Waals surface area (Å²) in [4.78, 5) is 4.69. The average Bonchev–Trinajstić information content (AvgIpc) is 3.37. The molecule has 140 valence electrons. The molecule has 0 fully saturated rings. The predicted molar refractivity (Wildman–Crippen MR) is 127 cm³/mol. The lowest BCUT2D eigenvalue weighted by Crippen LogP contribution is -1.94. The van der Waals surface area contributed by atoms with Crippen LogP contribution < -0.4 is 0 Å². The number of allylic oxidation sites excluding steroid dienone is 5. The van der Waals surface area contributed by atoms with Crippen LogP contribution in [0.2, 0.25) is 0 Å². The Bertz CT molecular complexity index is 1410. The van der Waals surface area contributed by atoms with Gasteiger partial charge >= 0.3 is 0 Å². The van der Waals surface area contributed by atoms with Gasteiger partial charge in [-0.1, -0.05) is 43.0 Å². The van der Waals surface area contributed by atoms with Crippen LogP contribution in [0.1, 0.15) is 12.5 Å². The summed E-state index contributed by atoms with van der Waals surface area (Å²) >= 11 is 1.77. The number of aromatic nitrogens is 2. The summed E-state index contributed by atoms with van der Waals surface area (Å²) in [7, 11) is 0. The Hall–Kier alpha value is -3.43. The van der Waals surface area contributed by atoms with Crippen molar-refractivity contribution in [1.82, 2.24) is 9.55 Å². The SMILES string of the molecule is C=C/C(=C\C=C/C)c1ccc(-n2c3cccnc3c3ccc4sccc4c32)cc1. The van der Waals surface area contributed by atoms with Crippen molar-refractivity contribution in [2.75, 3.05) is 0 Å². The van der Waals surface area contributed by atoms with Gasteiger partial charge in [0.25, 0.3) is 0 Å². The molecule has 0 N–H and O–H groups in total. The Kier molecular flexibility index (Phi) is 4.38. The van der Waals surface area contributed by atoms with Crippen LogP contribution in [0.5, 0.6) is 0 Å². The summed E-state index contributed by atoms with van der Waals surface area (Å²) in [6, 6.07) is 19.4. The van der Waals surface area contributed by atoms with Gasteiger partial charge in [-0.3, -0.25) is 4.98 Å². The molecule has 0 saturated heterocycles. The Morgan fingerprint density at radius 1 is 1.03 bits per heavy atom. The second-order valence-electron chi connectivity index (χ2n) is 6.90. The third kappa shape index (κ3) is 2.82. The van der Waals surface area contributed by atoms with Gasteiger partial charge in [0.05, 0.1) is 16.6 Å². The highest BCUT2D eigenvalue weighted by Gasteiger charge is 2.16. The fourth-order valence-electron chi connectivity index (χ4n) is 3.92. The Balaban J connectivity index is 1.78. The van der Waals surface area contributed by atoms with E-state index in [4.69, 9.17) is 4.98 Å². The maximum absolute atomic E-state index is 4.69. The molecule has 0 bridgehead atoms. The van der Waals surface area contributed by atoms with Gasteiger partial charge in [-0.2, -0.15) is 0 Å². The molecule has 0 aliphatic carbocycles. The van der Waals surface area contributed by atoms with Gasteiger partial charge in [0.2, 0.25) is 0 Å². The predicted octanol–water partition coefficient (Wildman–Crippen LogP) is 7.54. The molecular formula is C26H20N2S. The van der Waals surface area contributed by atoms with E-state index in [1.807, 2.05) is 37.4 Å². The molecule has 0 radical (unpaired) electrons. The van der Waals surface area contributed by atoms with E-state index in [-0.39, 0.29) is 0 Å². The van der Waals surface area contributed by atoms with Gasteiger partial charge in [-0.25, -0.2) is 0 Å². The van der Waals surface area contributed by atoms with E-state index in [0.29, 0.717) is 0 Å². The quantitative estimate of drug-likeness (QED) is 0.289. The van der Waals surface area contributed by atoms with Crippen LogP contribution in [-0.2, 0) is 0 Å². The second-order valence-corrected chi connectivity index (χ2v) is 7.85. The van der Waals surface area contributed by atoms with Crippen molar-refractivity contribution in [2.24, 2.45) is 0 Å². The third-order valence-corrected chi connectivity index (χ3v) is 6.14. The highest BCUT2D eigenvalue weighted by Crippen LogP contribution is 2.37. The van der Waals surface area contributed by atoms with Gasteiger partial charge in [0.15, 0.2) is 0 Å². The molecule has 0 amide bonds. The second kappa shape index (κ2) is 7.19. The van der Waals surface area contributed by atoms with E-state index < -0.39 is 0 Å². The molecule has 3 heteroatoms. The van der Waals surface area contributed by atoms with Crippen molar-refractivity contribution in [3.8, 4) is 5.69 Å². The van der Waals surface area contributed by atoms with Gasteiger partial charge in [0.1, 0.15) is 0 Å². The Morgan fingerprint density at radius 3 is 2.69 bits per heavy atom. The van der Waals surface area contributed by atoms with E-state index in [2.05, 4.69) is 71.1 Å². The first kappa shape index (κ1) is 17.7. The number of pyridine rings is 1. The van der Waals surface area contributed by atoms with Crippen molar-refractivity contribution in [3.05, 3.63) is 103 Å². The van der Waals surface area contributed by atoms with Crippen LogP contribution in [0, 0.1) is 0 Å². The number of fused-ring (bicyclic) bond motifs is 5. The van der Waals surface area contributed by atoms with E-state index in [0.717, 1.165) is 27.9 Å². The highest BCUT2D eigenvalue weighted by molar-refractivity contribution is 7.17. The van der Waals surface area contributed by atoms with Gasteiger partial charge in [0, 0.05) is 27.4 Å². The molecule has 0 atom stereocenters. The largest absolute Gasteiger partial charge is 0.307 e. The molecule has 2 aromatic carbocycles. The van der Waals surface area contributed by atoms with E-state index >= 15 is 0 Å². The van der Waals surface area contributed by atoms with Crippen LogP contribution in [0.25, 0.3) is 43.3 Å². The minimum atomic E-state index is 1.04. The first-order valence-corrected chi connectivity index (χ1v) is 10.5. The molecular weight excluding hydrogens is 372 g/mol. The van der Waals surface area contributed by atoms with Crippen molar-refractivity contribution < 1.29 is 0 Å². The standard InChI is InChI=1S/C26H20N2S/c1-3-5-7-18(4-2)19-9-11-20(12-10-19)28-23-8-6-16-27-25(23)22-13-14-24-21(26(22)28)15-17-29-24/h3-17H,2H2,1H3/b5-3-,18-7+. The van der Waals surface area contributed by atoms with Crippen LogP contribution >= 0.6 is 11.3 Å². The lowest BCUT2D eigenvalue weighted by molar-refractivity contribution is 1.18. The lowest BCUT2D eigenvalue weighted by Gasteiger charge is -2.10. The maximum Gasteiger partial charge on any atom is 0.0963 e. The Labute approximate surface area is 173 Å². The van der Waals surface area contributed by atoms with Crippen LogP contribution in [0.15, 0.2) is 97.1 Å². The number of hydrogen-bond donors (Lipinski definition) is 0. The molecule has 0 unspecified atom stereocenters. The summed E-state index contributed by atoms with van der Waals surface area (Å²) < 4.78 is 3.63. The third-order valence-electron chi connectivity index (χ3n) is 5.26. The molecule has 0 saturated carbocycles. The monoisotopic (exact) mass is 392 g/mol. The van der Waals surface area contributed by atoms with E-state index in [9.17, 15) is 0 Å². The molecule has 2 nitrogen and oxygen atoms in total. The van der Waals surface area contributed by atoms with Crippen molar-refractivity contribution in [3.63, 3.8) is 0 Å². The molecule has 3 aromatic heterocycles. The fraction of sp³-hybridized carbons (Fsp3) is 0.0385. The summed E-state index contributed by atoms with van der Waals surface area (Å²) in [5.74, 6) is 0. The molecule has 3 heterocycles. The number of benzene rings is 2. The zero-order chi connectivity index (χ0) is 19.8. The number of rotatable bonds is 4. The number of nitrogens with zero attached hydrogens (tertiary/aromatic N) is 2. The van der Waals surface area contributed by atoms with Crippen LogP contribution in [-0.4, -0.2) is 9.55 Å². The number of thiophene rings is 1. The maximum atomic E-state index is 4.69. The zero-order valence-corrected chi connectivity index (χ0v) is 17.0. The van der Waals surface area contributed by atoms with Crippen molar-refractivity contribution in [1.29, 1.82) is 0 Å². The molecule has 0 spiro atoms. The van der Waals surface area contributed by atoms with Gasteiger partial charge < -0.3 is 4.57 Å². The summed E-state index contributed by atoms with van der Waals surface area (Å²) in [6.45, 7) is 5.97. The van der Waals surface area contributed by atoms with Crippen LogP contribution in [0.4, 0.5) is 0 Å². The summed E-state index contributed by atoms with van der Waals surface area (Å²) in [5.41, 5.74) is 6.79. The zero-order valence-electron chi connectivity index (χ0n) is 16.2. The lowest BCUT2D eigenvalue weighted by atomic mass is 10.0. The molecule has 0 aliphatic rings. The van der Waals surface area contributed by atoms with Gasteiger partial charge in [-0.15, -0.1) is 11.3 Å². The van der Waals surface area contributed by atoms with Crippen LogP contribution in [0.3, 0.4) is 0 Å². The van der Waals surface area contributed by atoms with E-state index in [1.54, 1.807) is 11.3 Å². The molecule has 29 heavy (non-hydrogen) atoms. The smallest absolute Gasteiger partial charge is 0.0963 e. The van der Waals surface area contributed by atoms with Crippen molar-refractivity contribution in [2.45, 2.75) is 6.92 Å². The number of hydrogen-bond acceptors (Lipinski definition) is 2. The average molecular weight is 393 g/mol. The summed E-state index contributed by atoms with van der Waals surface area (Å²) in [5, 5.41) is 4.62. The molecule has 5 rings (SSSR count). The van der Waals surface area contributed by atoms with Gasteiger partial charge in [-0.05, 0) is 65.9 Å². The fourth-order valence-corrected chi connectivity index (χ4v) is 4.71. The minimum Gasteiger partial charge on any atom is -0.307 e. The highest BCUT2D eigenvalue weighted by atomic mass is 32.1. The topological polar surface area (TPSA) is 17.8 Å². The Morgan fingerprint density at radius 2 is 1.90 bits per heavy atom. The van der Waals surface area contributed by atoms with Crippen molar-refractivity contribution >= 4 is 48.9 Å². The molecule has 5 aromatic rings.